The summed E-state index contributed by atoms with van der Waals surface area (Å²) in [4.78, 5) is 4.32. The van der Waals surface area contributed by atoms with Gasteiger partial charge in [0, 0.05) is 29.1 Å². The van der Waals surface area contributed by atoms with Crippen LogP contribution in [0.25, 0.3) is 33.4 Å². The van der Waals surface area contributed by atoms with Crippen molar-refractivity contribution in [3.05, 3.63) is 48.0 Å². The number of alkyl halides is 2. The predicted octanol–water partition coefficient (Wildman–Crippen LogP) is 4.35. The molecule has 0 saturated heterocycles. The van der Waals surface area contributed by atoms with Crippen molar-refractivity contribution in [3.63, 3.8) is 0 Å². The van der Waals surface area contributed by atoms with E-state index in [0.717, 1.165) is 16.6 Å². The number of nitrogens with one attached hydrogen (secondary N) is 1. The van der Waals surface area contributed by atoms with E-state index in [2.05, 4.69) is 20.3 Å². The molecule has 0 amide bonds. The van der Waals surface area contributed by atoms with Crippen LogP contribution in [0, 0.1) is 18.2 Å². The summed E-state index contributed by atoms with van der Waals surface area (Å²) >= 11 is 0. The zero-order valence-electron chi connectivity index (χ0n) is 15.9. The van der Waals surface area contributed by atoms with Gasteiger partial charge in [0.05, 0.1) is 23.2 Å². The average molecular weight is 411 g/mol. The molecule has 1 fully saturated rings. The second-order valence-corrected chi connectivity index (χ2v) is 8.03. The lowest BCUT2D eigenvalue weighted by atomic mass is 9.98. The van der Waals surface area contributed by atoms with Crippen LogP contribution in [0.15, 0.2) is 36.5 Å². The Kier molecular flexibility index (Phi) is 3.28. The molecule has 6 rings (SSSR count). The maximum atomic E-state index is 14.0. The molecule has 0 radical (unpaired) electrons. The number of nitrogens with zero attached hydrogens (tertiary/aromatic N) is 4. The third kappa shape index (κ3) is 2.28. The third-order valence-corrected chi connectivity index (χ3v) is 6.08. The molecule has 1 aliphatic carbocycles. The normalized spacial score (nSPS) is 21.6. The summed E-state index contributed by atoms with van der Waals surface area (Å²) < 4.78 is 48.9. The Bertz CT molecular complexity index is 1310. The fourth-order valence-electron chi connectivity index (χ4n) is 4.31. The van der Waals surface area contributed by atoms with Gasteiger partial charge < -0.3 is 4.74 Å². The van der Waals surface area contributed by atoms with Crippen LogP contribution < -0.4 is 4.74 Å². The van der Waals surface area contributed by atoms with E-state index in [9.17, 15) is 13.2 Å². The van der Waals surface area contributed by atoms with Gasteiger partial charge in [-0.15, -0.1) is 0 Å². The highest BCUT2D eigenvalue weighted by Gasteiger charge is 2.73. The Labute approximate surface area is 168 Å². The van der Waals surface area contributed by atoms with Crippen LogP contribution >= 0.6 is 0 Å². The van der Waals surface area contributed by atoms with Crippen molar-refractivity contribution >= 4 is 11.0 Å². The van der Waals surface area contributed by atoms with Crippen LogP contribution in [0.1, 0.15) is 12.1 Å². The van der Waals surface area contributed by atoms with E-state index in [1.165, 1.54) is 16.8 Å². The minimum atomic E-state index is -2.75. The number of halogens is 3. The van der Waals surface area contributed by atoms with E-state index in [1.54, 1.807) is 18.3 Å². The molecule has 30 heavy (non-hydrogen) atoms. The van der Waals surface area contributed by atoms with E-state index < -0.39 is 11.3 Å². The Morgan fingerprint density at radius 2 is 1.93 bits per heavy atom. The molecule has 4 aromatic rings. The quantitative estimate of drug-likeness (QED) is 0.532. The fraction of sp³-hybridized carbons (Fsp3) is 0.286. The number of benzene rings is 1. The first kappa shape index (κ1) is 17.5. The Hall–Kier alpha value is -3.36. The SMILES string of the molecule is Cc1n[nH]c2nccc(-c3c(-c4ccc(F)cc4)nn4c3OC[C@@]3(C4)CC3(F)F)c12. The van der Waals surface area contributed by atoms with E-state index in [1.807, 2.05) is 13.0 Å². The molecular formula is C21H16F3N5O. The van der Waals surface area contributed by atoms with Gasteiger partial charge in [-0.05, 0) is 37.3 Å². The number of pyridine rings is 1. The molecule has 1 saturated carbocycles. The van der Waals surface area contributed by atoms with Crippen LogP contribution in [0.2, 0.25) is 0 Å². The smallest absolute Gasteiger partial charge is 0.259 e. The van der Waals surface area contributed by atoms with Crippen molar-refractivity contribution in [2.24, 2.45) is 5.41 Å². The summed E-state index contributed by atoms with van der Waals surface area (Å²) in [6.45, 7) is 1.86. The van der Waals surface area contributed by atoms with Gasteiger partial charge in [-0.25, -0.2) is 22.8 Å². The fourth-order valence-corrected chi connectivity index (χ4v) is 4.31. The molecule has 0 bridgehead atoms. The number of fused-ring (bicyclic) bond motifs is 2. The first-order chi connectivity index (χ1) is 14.4. The molecule has 152 valence electrons. The Morgan fingerprint density at radius 3 is 2.67 bits per heavy atom. The molecule has 1 atom stereocenters. The van der Waals surface area contributed by atoms with Gasteiger partial charge in [-0.1, -0.05) is 0 Å². The number of aromatic nitrogens is 5. The van der Waals surface area contributed by atoms with Crippen LogP contribution in [-0.2, 0) is 6.54 Å². The number of H-pyrrole nitrogens is 1. The lowest BCUT2D eigenvalue weighted by Gasteiger charge is -2.24. The van der Waals surface area contributed by atoms with Crippen LogP contribution in [0.5, 0.6) is 5.88 Å². The first-order valence-corrected chi connectivity index (χ1v) is 9.56. The van der Waals surface area contributed by atoms with Gasteiger partial charge in [-0.3, -0.25) is 5.10 Å². The minimum Gasteiger partial charge on any atom is -0.476 e. The molecule has 1 aromatic carbocycles. The monoisotopic (exact) mass is 411 g/mol. The summed E-state index contributed by atoms with van der Waals surface area (Å²) in [7, 11) is 0. The molecule has 9 heteroatoms. The first-order valence-electron chi connectivity index (χ1n) is 9.56. The van der Waals surface area contributed by atoms with Crippen molar-refractivity contribution in [1.29, 1.82) is 0 Å². The zero-order valence-corrected chi connectivity index (χ0v) is 15.9. The van der Waals surface area contributed by atoms with Gasteiger partial charge in [0.1, 0.15) is 18.1 Å². The van der Waals surface area contributed by atoms with Gasteiger partial charge in [0.15, 0.2) is 5.65 Å². The number of rotatable bonds is 2. The standard InChI is InChI=1S/C21H16F3N5O/c1-11-15-14(6-7-25-18(15)27-26-11)16-17(12-2-4-13(22)5-3-12)28-29-9-20(8-21(20,23)24)10-30-19(16)29/h2-7H,8-10H2,1H3,(H,25,26,27)/t20-/m0/s1. The van der Waals surface area contributed by atoms with E-state index >= 15 is 0 Å². The number of aryl methyl sites for hydroxylation is 1. The molecule has 1 aliphatic heterocycles. The van der Waals surface area contributed by atoms with Crippen molar-refractivity contribution in [2.45, 2.75) is 25.8 Å². The molecule has 0 unspecified atom stereocenters. The molecule has 1 spiro atoms. The molecular weight excluding hydrogens is 395 g/mol. The predicted molar refractivity (Wildman–Crippen MR) is 103 cm³/mol. The van der Waals surface area contributed by atoms with Gasteiger partial charge in [-0.2, -0.15) is 10.2 Å². The average Bonchev–Trinajstić information content (AvgIpc) is 3.03. The minimum absolute atomic E-state index is 0.0693. The molecule has 2 aliphatic rings. The summed E-state index contributed by atoms with van der Waals surface area (Å²) in [5.41, 5.74) is 2.80. The van der Waals surface area contributed by atoms with E-state index in [0.29, 0.717) is 28.3 Å². The molecule has 1 N–H and O–H groups in total. The number of hydrogen-bond donors (Lipinski definition) is 1. The van der Waals surface area contributed by atoms with E-state index in [4.69, 9.17) is 4.74 Å². The highest BCUT2D eigenvalue weighted by molar-refractivity contribution is 6.00. The molecule has 3 aromatic heterocycles. The van der Waals surface area contributed by atoms with E-state index in [-0.39, 0.29) is 25.4 Å². The summed E-state index contributed by atoms with van der Waals surface area (Å²) in [6, 6.07) is 7.76. The third-order valence-electron chi connectivity index (χ3n) is 6.08. The lowest BCUT2D eigenvalue weighted by Crippen LogP contribution is -2.31. The van der Waals surface area contributed by atoms with Crippen LogP contribution in [0.3, 0.4) is 0 Å². The summed E-state index contributed by atoms with van der Waals surface area (Å²) in [6.07, 6.45) is 1.44. The second-order valence-electron chi connectivity index (χ2n) is 8.03. The zero-order chi connectivity index (χ0) is 20.7. The van der Waals surface area contributed by atoms with Crippen molar-refractivity contribution in [2.75, 3.05) is 6.61 Å². The van der Waals surface area contributed by atoms with Crippen molar-refractivity contribution < 1.29 is 17.9 Å². The lowest BCUT2D eigenvalue weighted by molar-refractivity contribution is 0.0154. The van der Waals surface area contributed by atoms with Gasteiger partial charge in [0.25, 0.3) is 5.92 Å². The van der Waals surface area contributed by atoms with Crippen LogP contribution in [-0.4, -0.2) is 37.5 Å². The number of hydrogen-bond acceptors (Lipinski definition) is 4. The highest BCUT2D eigenvalue weighted by atomic mass is 19.3. The Morgan fingerprint density at radius 1 is 1.17 bits per heavy atom. The molecule has 4 heterocycles. The highest BCUT2D eigenvalue weighted by Crippen LogP contribution is 2.63. The number of aromatic amines is 1. The summed E-state index contributed by atoms with van der Waals surface area (Å²) in [5, 5.41) is 12.6. The largest absolute Gasteiger partial charge is 0.476 e. The Balaban J connectivity index is 1.61. The van der Waals surface area contributed by atoms with Crippen LogP contribution in [0.4, 0.5) is 13.2 Å². The maximum absolute atomic E-state index is 14.0. The molecule has 6 nitrogen and oxygen atoms in total. The second kappa shape index (κ2) is 5.62. The number of ether oxygens (including phenoxy) is 1. The topological polar surface area (TPSA) is 68.6 Å². The van der Waals surface area contributed by atoms with Crippen molar-refractivity contribution in [1.82, 2.24) is 25.0 Å². The van der Waals surface area contributed by atoms with Gasteiger partial charge >= 0.3 is 0 Å². The van der Waals surface area contributed by atoms with Crippen molar-refractivity contribution in [3.8, 4) is 28.3 Å². The maximum Gasteiger partial charge on any atom is 0.259 e. The summed E-state index contributed by atoms with van der Waals surface area (Å²) in [5.74, 6) is -2.69. The van der Waals surface area contributed by atoms with Gasteiger partial charge in [0.2, 0.25) is 5.88 Å².